The quantitative estimate of drug-likeness (QED) is 0.233. The highest BCUT2D eigenvalue weighted by molar-refractivity contribution is 5.82. The van der Waals surface area contributed by atoms with Crippen LogP contribution in [0.3, 0.4) is 0 Å². The molecule has 5 atom stereocenters. The summed E-state index contributed by atoms with van der Waals surface area (Å²) in [5.41, 5.74) is 0. The van der Waals surface area contributed by atoms with E-state index in [0.29, 0.717) is 6.42 Å². The summed E-state index contributed by atoms with van der Waals surface area (Å²) >= 11 is 0. The van der Waals surface area contributed by atoms with E-state index in [4.69, 9.17) is 23.7 Å². The van der Waals surface area contributed by atoms with Gasteiger partial charge in [-0.25, -0.2) is 0 Å². The van der Waals surface area contributed by atoms with Crippen LogP contribution in [-0.4, -0.2) is 86.9 Å². The van der Waals surface area contributed by atoms with E-state index in [9.17, 15) is 37.1 Å². The number of amides is 1. The lowest BCUT2D eigenvalue weighted by molar-refractivity contribution is -0.279. The number of hydrogen-bond acceptors (Lipinski definition) is 11. The SMILES string of the molecule is COC(=O)CCCCO[C@H]1OC(COC(C)=O)[C@H](OC(C)=O)C(OC(C)=O)C1NC(=O)C(F)(F)F. The Morgan fingerprint density at radius 2 is 1.51 bits per heavy atom. The summed E-state index contributed by atoms with van der Waals surface area (Å²) in [5, 5.41) is 1.66. The second-order valence-electron chi connectivity index (χ2n) is 7.39. The number of ether oxygens (including phenoxy) is 6. The zero-order valence-corrected chi connectivity index (χ0v) is 19.5. The fourth-order valence-corrected chi connectivity index (χ4v) is 3.10. The minimum absolute atomic E-state index is 0.0549. The highest BCUT2D eigenvalue weighted by Gasteiger charge is 2.53. The van der Waals surface area contributed by atoms with Crippen LogP contribution >= 0.6 is 0 Å². The van der Waals surface area contributed by atoms with Crippen LogP contribution in [0.2, 0.25) is 0 Å². The molecule has 3 unspecified atom stereocenters. The van der Waals surface area contributed by atoms with Gasteiger partial charge in [-0.15, -0.1) is 0 Å². The average Bonchev–Trinajstić information content (AvgIpc) is 2.74. The van der Waals surface area contributed by atoms with Gasteiger partial charge in [0.05, 0.1) is 7.11 Å². The highest BCUT2D eigenvalue weighted by atomic mass is 19.4. The standard InChI is InChI=1S/C20H28F3NO11/c1-10(25)32-9-13-16(33-11(2)26)17(34-12(3)27)15(24-19(29)20(21,22)23)18(35-13)31-8-6-5-7-14(28)30-4/h13,15-18H,5-9H2,1-4H3,(H,24,29)/t13?,15?,16-,17?,18-/m0/s1. The Bertz CT molecular complexity index is 774. The Hall–Kier alpha value is -2.94. The monoisotopic (exact) mass is 515 g/mol. The summed E-state index contributed by atoms with van der Waals surface area (Å²) in [6, 6.07) is -1.77. The zero-order chi connectivity index (χ0) is 26.8. The molecule has 35 heavy (non-hydrogen) atoms. The number of nitrogens with one attached hydrogen (secondary N) is 1. The first-order chi connectivity index (χ1) is 16.3. The van der Waals surface area contributed by atoms with Crippen LogP contribution in [-0.2, 0) is 52.4 Å². The molecule has 12 nitrogen and oxygen atoms in total. The molecule has 0 aromatic heterocycles. The predicted molar refractivity (Wildman–Crippen MR) is 106 cm³/mol. The van der Waals surface area contributed by atoms with Crippen molar-refractivity contribution in [3.05, 3.63) is 0 Å². The van der Waals surface area contributed by atoms with Crippen molar-refractivity contribution in [2.24, 2.45) is 0 Å². The molecule has 0 spiro atoms. The Morgan fingerprint density at radius 1 is 0.914 bits per heavy atom. The van der Waals surface area contributed by atoms with Crippen molar-refractivity contribution in [2.45, 2.75) is 76.9 Å². The summed E-state index contributed by atoms with van der Waals surface area (Å²) in [4.78, 5) is 57.6. The third kappa shape index (κ3) is 10.5. The van der Waals surface area contributed by atoms with E-state index < -0.39 is 73.2 Å². The average molecular weight is 515 g/mol. The number of carbonyl (C=O) groups is 5. The van der Waals surface area contributed by atoms with Gasteiger partial charge in [-0.1, -0.05) is 0 Å². The summed E-state index contributed by atoms with van der Waals surface area (Å²) in [6.07, 6.45) is -10.9. The summed E-state index contributed by atoms with van der Waals surface area (Å²) in [6.45, 7) is 2.33. The van der Waals surface area contributed by atoms with Crippen LogP contribution in [0, 0.1) is 0 Å². The lowest BCUT2D eigenvalue weighted by atomic mass is 9.96. The minimum Gasteiger partial charge on any atom is -0.469 e. The van der Waals surface area contributed by atoms with E-state index in [1.165, 1.54) is 7.11 Å². The van der Waals surface area contributed by atoms with Crippen LogP contribution < -0.4 is 5.32 Å². The number of unbranched alkanes of at least 4 members (excludes halogenated alkanes) is 1. The normalized spacial score (nSPS) is 24.1. The fraction of sp³-hybridized carbons (Fsp3) is 0.750. The summed E-state index contributed by atoms with van der Waals surface area (Å²) < 4.78 is 69.7. The molecule has 1 rings (SSSR count). The molecule has 1 aliphatic heterocycles. The van der Waals surface area contributed by atoms with E-state index in [2.05, 4.69) is 4.74 Å². The Balaban J connectivity index is 3.23. The number of esters is 4. The van der Waals surface area contributed by atoms with Gasteiger partial charge in [0.15, 0.2) is 18.5 Å². The van der Waals surface area contributed by atoms with Crippen LogP contribution in [0.1, 0.15) is 40.0 Å². The second-order valence-corrected chi connectivity index (χ2v) is 7.39. The van der Waals surface area contributed by atoms with Gasteiger partial charge in [-0.2, -0.15) is 13.2 Å². The van der Waals surface area contributed by atoms with E-state index >= 15 is 0 Å². The number of rotatable bonds is 11. The molecule has 1 amide bonds. The second kappa shape index (κ2) is 13.8. The molecule has 0 radical (unpaired) electrons. The molecule has 200 valence electrons. The highest BCUT2D eigenvalue weighted by Crippen LogP contribution is 2.29. The third-order valence-electron chi connectivity index (χ3n) is 4.54. The van der Waals surface area contributed by atoms with Crippen molar-refractivity contribution in [3.8, 4) is 0 Å². The van der Waals surface area contributed by atoms with Gasteiger partial charge in [0.25, 0.3) is 0 Å². The minimum atomic E-state index is -5.31. The number of alkyl halides is 3. The van der Waals surface area contributed by atoms with Gasteiger partial charge in [0.1, 0.15) is 18.8 Å². The van der Waals surface area contributed by atoms with Gasteiger partial charge in [0, 0.05) is 33.8 Å². The number of carbonyl (C=O) groups excluding carboxylic acids is 5. The number of methoxy groups -OCH3 is 1. The fourth-order valence-electron chi connectivity index (χ4n) is 3.10. The van der Waals surface area contributed by atoms with E-state index in [1.807, 2.05) is 0 Å². The van der Waals surface area contributed by atoms with Crippen molar-refractivity contribution in [3.63, 3.8) is 0 Å². The van der Waals surface area contributed by atoms with Crippen molar-refractivity contribution in [1.82, 2.24) is 5.32 Å². The van der Waals surface area contributed by atoms with Gasteiger partial charge >= 0.3 is 36.0 Å². The lowest BCUT2D eigenvalue weighted by Gasteiger charge is -2.45. The molecule has 0 aliphatic carbocycles. The van der Waals surface area contributed by atoms with Gasteiger partial charge in [-0.05, 0) is 12.8 Å². The van der Waals surface area contributed by atoms with Crippen molar-refractivity contribution in [1.29, 1.82) is 0 Å². The van der Waals surface area contributed by atoms with Gasteiger partial charge in [0.2, 0.25) is 0 Å². The maximum absolute atomic E-state index is 13.0. The van der Waals surface area contributed by atoms with Crippen LogP contribution in [0.15, 0.2) is 0 Å². The first kappa shape index (κ1) is 30.1. The topological polar surface area (TPSA) is 153 Å². The Morgan fingerprint density at radius 3 is 2.03 bits per heavy atom. The summed E-state index contributed by atoms with van der Waals surface area (Å²) in [5.74, 6) is -5.49. The molecular weight excluding hydrogens is 487 g/mol. The molecule has 1 saturated heterocycles. The van der Waals surface area contributed by atoms with Crippen molar-refractivity contribution in [2.75, 3.05) is 20.3 Å². The molecule has 1 aliphatic rings. The zero-order valence-electron chi connectivity index (χ0n) is 19.5. The molecule has 1 N–H and O–H groups in total. The maximum atomic E-state index is 13.0. The lowest BCUT2D eigenvalue weighted by Crippen LogP contribution is -2.67. The molecule has 0 aromatic carbocycles. The third-order valence-corrected chi connectivity index (χ3v) is 4.54. The first-order valence-corrected chi connectivity index (χ1v) is 10.5. The molecular formula is C20H28F3NO11. The first-order valence-electron chi connectivity index (χ1n) is 10.5. The molecule has 0 bridgehead atoms. The number of hydrogen-bond donors (Lipinski definition) is 1. The predicted octanol–water partition coefficient (Wildman–Crippen LogP) is 0.545. The van der Waals surface area contributed by atoms with Crippen LogP contribution in [0.5, 0.6) is 0 Å². The van der Waals surface area contributed by atoms with Crippen LogP contribution in [0.4, 0.5) is 13.2 Å². The maximum Gasteiger partial charge on any atom is 0.471 e. The number of halogens is 3. The molecule has 15 heteroatoms. The summed E-state index contributed by atoms with van der Waals surface area (Å²) in [7, 11) is 1.21. The largest absolute Gasteiger partial charge is 0.471 e. The Kier molecular flexibility index (Phi) is 11.9. The molecule has 0 aromatic rings. The van der Waals surface area contributed by atoms with Crippen molar-refractivity contribution < 1.29 is 65.6 Å². The Labute approximate surface area is 198 Å². The van der Waals surface area contributed by atoms with E-state index in [0.717, 1.165) is 20.8 Å². The van der Waals surface area contributed by atoms with E-state index in [1.54, 1.807) is 5.32 Å². The van der Waals surface area contributed by atoms with Crippen LogP contribution in [0.25, 0.3) is 0 Å². The van der Waals surface area contributed by atoms with Gasteiger partial charge < -0.3 is 33.7 Å². The molecule has 1 heterocycles. The van der Waals surface area contributed by atoms with E-state index in [-0.39, 0.29) is 19.4 Å². The molecule has 1 fully saturated rings. The van der Waals surface area contributed by atoms with Crippen molar-refractivity contribution >= 4 is 29.8 Å². The van der Waals surface area contributed by atoms with Gasteiger partial charge in [-0.3, -0.25) is 24.0 Å². The molecule has 0 saturated carbocycles. The smallest absolute Gasteiger partial charge is 0.469 e.